The molecule has 0 amide bonds. The van der Waals surface area contributed by atoms with Crippen LogP contribution < -0.4 is 0 Å². The largest absolute Gasteiger partial charge is 0.478 e. The lowest BCUT2D eigenvalue weighted by atomic mass is 9.95. The van der Waals surface area contributed by atoms with Gasteiger partial charge in [-0.1, -0.05) is 58.6 Å². The summed E-state index contributed by atoms with van der Waals surface area (Å²) < 4.78 is 13.9. The minimum Gasteiger partial charge on any atom is -0.478 e. The number of benzene rings is 1. The molecule has 1 aromatic carbocycles. The molecule has 2 N–H and O–H groups in total. The molecule has 202 valence electrons. The van der Waals surface area contributed by atoms with Crippen molar-refractivity contribution in [1.29, 1.82) is 0 Å². The van der Waals surface area contributed by atoms with Crippen molar-refractivity contribution in [3.63, 3.8) is 0 Å². The first-order valence-electron chi connectivity index (χ1n) is 12.8. The van der Waals surface area contributed by atoms with Gasteiger partial charge >= 0.3 is 5.97 Å². The molecule has 38 heavy (non-hydrogen) atoms. The summed E-state index contributed by atoms with van der Waals surface area (Å²) in [5, 5.41) is 18.5. The van der Waals surface area contributed by atoms with Crippen LogP contribution in [0.4, 0.5) is 0 Å². The third-order valence-electron chi connectivity index (χ3n) is 6.12. The van der Waals surface area contributed by atoms with E-state index in [1.807, 2.05) is 32.0 Å². The number of hydrogen-bond donors (Lipinski definition) is 2. The third-order valence-corrected chi connectivity index (χ3v) is 9.05. The molecular weight excluding hydrogens is 515 g/mol. The number of H-pyrrole nitrogens is 1. The topological polar surface area (TPSA) is 115 Å². The Morgan fingerprint density at radius 3 is 2.55 bits per heavy atom. The number of carboxylic acids is 1. The van der Waals surface area contributed by atoms with Crippen LogP contribution in [0.5, 0.6) is 0 Å². The van der Waals surface area contributed by atoms with Crippen LogP contribution in [0.1, 0.15) is 50.5 Å². The molecule has 0 saturated carbocycles. The summed E-state index contributed by atoms with van der Waals surface area (Å²) in [5.41, 5.74) is 3.30. The molecular formula is C27H37N5O4Si2. The molecule has 0 bridgehead atoms. The second kappa shape index (κ2) is 10.4. The zero-order chi connectivity index (χ0) is 27.9. The number of fused-ring (bicyclic) bond motifs is 2. The molecule has 0 aliphatic heterocycles. The summed E-state index contributed by atoms with van der Waals surface area (Å²) in [6, 6.07) is 7.01. The van der Waals surface area contributed by atoms with Gasteiger partial charge in [-0.3, -0.25) is 5.10 Å². The van der Waals surface area contributed by atoms with E-state index in [2.05, 4.69) is 55.6 Å². The molecule has 4 rings (SSSR count). The molecule has 11 heteroatoms. The summed E-state index contributed by atoms with van der Waals surface area (Å²) in [6.45, 7) is 18.3. The Labute approximate surface area is 226 Å². The number of aromatic carboxylic acids is 1. The fourth-order valence-electron chi connectivity index (χ4n) is 4.02. The number of carboxylic acid groups (broad SMARTS) is 1. The number of nitrogens with one attached hydrogen (secondary N) is 1. The second-order valence-electron chi connectivity index (χ2n) is 12.4. The fourth-order valence-corrected chi connectivity index (χ4v) is 5.45. The van der Waals surface area contributed by atoms with Crippen LogP contribution in [0.25, 0.3) is 33.5 Å². The molecule has 0 saturated heterocycles. The Kier molecular flexibility index (Phi) is 7.68. The number of ether oxygens (including phenoxy) is 1. The fraction of sp³-hybridized carbons (Fsp3) is 0.481. The second-order valence-corrected chi connectivity index (χ2v) is 19.9. The summed E-state index contributed by atoms with van der Waals surface area (Å²) in [7, 11) is -0.899. The van der Waals surface area contributed by atoms with E-state index in [1.165, 1.54) is 0 Å². The van der Waals surface area contributed by atoms with E-state index < -0.39 is 19.6 Å². The predicted octanol–water partition coefficient (Wildman–Crippen LogP) is 6.07. The van der Waals surface area contributed by atoms with Crippen LogP contribution in [0.2, 0.25) is 30.7 Å². The van der Waals surface area contributed by atoms with E-state index in [4.69, 9.17) is 14.1 Å². The van der Waals surface area contributed by atoms with E-state index in [0.717, 1.165) is 22.5 Å². The van der Waals surface area contributed by atoms with Gasteiger partial charge in [0.15, 0.2) is 5.65 Å². The van der Waals surface area contributed by atoms with Gasteiger partial charge in [0.05, 0.1) is 23.0 Å². The number of carbonyl (C=O) groups is 1. The highest BCUT2D eigenvalue weighted by molar-refractivity contribution is 6.76. The van der Waals surface area contributed by atoms with Crippen LogP contribution in [0.15, 0.2) is 30.6 Å². The van der Waals surface area contributed by atoms with Crippen LogP contribution in [-0.2, 0) is 21.5 Å². The molecule has 0 spiro atoms. The van der Waals surface area contributed by atoms with E-state index in [1.54, 1.807) is 17.0 Å². The van der Waals surface area contributed by atoms with Gasteiger partial charge < -0.3 is 18.8 Å². The lowest BCUT2D eigenvalue weighted by Crippen LogP contribution is -2.27. The van der Waals surface area contributed by atoms with Crippen molar-refractivity contribution < 1.29 is 19.1 Å². The van der Waals surface area contributed by atoms with Crippen molar-refractivity contribution in [3.8, 4) is 11.4 Å². The molecule has 0 aliphatic carbocycles. The number of hydrogen-bond acceptors (Lipinski definition) is 6. The monoisotopic (exact) mass is 551 g/mol. The van der Waals surface area contributed by atoms with Gasteiger partial charge in [0.25, 0.3) is 0 Å². The standard InChI is InChI=1S/C27H37N5O4Si2/c1-26(2,3)37-36-27(4,5)19-11-9-10-17-21(19)30-31-22(17)20-14-28-24-23(29-20)18(25(33)34)15-32(24)16-35-12-13-38(6,7)8/h9-11,14-15H,12-13,16H2,1-8H3,(H,30,31)(H,33,34). The van der Waals surface area contributed by atoms with Crippen molar-refractivity contribution in [1.82, 2.24) is 24.7 Å². The first kappa shape index (κ1) is 28.1. The maximum atomic E-state index is 12.0. The highest BCUT2D eigenvalue weighted by Crippen LogP contribution is 2.36. The minimum atomic E-state index is -1.23. The predicted molar refractivity (Wildman–Crippen MR) is 153 cm³/mol. The Bertz CT molecular complexity index is 1460. The van der Waals surface area contributed by atoms with Crippen molar-refractivity contribution in [2.24, 2.45) is 0 Å². The Morgan fingerprint density at radius 1 is 1.16 bits per heavy atom. The number of rotatable bonds is 10. The molecule has 0 atom stereocenters. The average molecular weight is 552 g/mol. The van der Waals surface area contributed by atoms with Gasteiger partial charge in [-0.15, -0.1) is 0 Å². The highest BCUT2D eigenvalue weighted by atomic mass is 28.3. The first-order valence-corrected chi connectivity index (χ1v) is 17.4. The maximum Gasteiger partial charge on any atom is 0.339 e. The van der Waals surface area contributed by atoms with Crippen LogP contribution in [-0.4, -0.2) is 60.3 Å². The van der Waals surface area contributed by atoms with Gasteiger partial charge in [0.2, 0.25) is 9.76 Å². The number of nitrogens with zero attached hydrogens (tertiary/aromatic N) is 4. The highest BCUT2D eigenvalue weighted by Gasteiger charge is 2.29. The Balaban J connectivity index is 1.69. The molecule has 2 radical (unpaired) electrons. The summed E-state index contributed by atoms with van der Waals surface area (Å²) in [4.78, 5) is 21.4. The summed E-state index contributed by atoms with van der Waals surface area (Å²) in [5.74, 6) is -1.06. The zero-order valence-corrected chi connectivity index (χ0v) is 25.5. The van der Waals surface area contributed by atoms with Gasteiger partial charge in [-0.25, -0.2) is 14.8 Å². The van der Waals surface area contributed by atoms with Crippen LogP contribution in [0.3, 0.4) is 0 Å². The quantitative estimate of drug-likeness (QED) is 0.181. The van der Waals surface area contributed by atoms with Gasteiger partial charge in [-0.2, -0.15) is 5.10 Å². The molecule has 3 heterocycles. The smallest absolute Gasteiger partial charge is 0.339 e. The third kappa shape index (κ3) is 6.23. The number of aromatic amines is 1. The molecule has 0 aliphatic rings. The van der Waals surface area contributed by atoms with Crippen molar-refractivity contribution >= 4 is 45.9 Å². The van der Waals surface area contributed by atoms with E-state index in [-0.39, 0.29) is 17.3 Å². The van der Waals surface area contributed by atoms with Gasteiger partial charge in [0, 0.05) is 31.8 Å². The Hall–Kier alpha value is -2.87. The van der Waals surface area contributed by atoms with E-state index in [0.29, 0.717) is 38.9 Å². The van der Waals surface area contributed by atoms with E-state index in [9.17, 15) is 9.90 Å². The van der Waals surface area contributed by atoms with Crippen molar-refractivity contribution in [3.05, 3.63) is 41.7 Å². The summed E-state index contributed by atoms with van der Waals surface area (Å²) in [6.07, 6.45) is 3.19. The zero-order valence-electron chi connectivity index (χ0n) is 23.5. The Morgan fingerprint density at radius 2 is 1.89 bits per heavy atom. The van der Waals surface area contributed by atoms with Crippen LogP contribution in [0, 0.1) is 0 Å². The summed E-state index contributed by atoms with van der Waals surface area (Å²) >= 11 is 0. The van der Waals surface area contributed by atoms with Crippen molar-refractivity contribution in [2.45, 2.75) is 77.7 Å². The molecule has 4 aromatic rings. The van der Waals surface area contributed by atoms with Gasteiger partial charge in [0.1, 0.15) is 23.5 Å². The number of para-hydroxylation sites is 1. The lowest BCUT2D eigenvalue weighted by Gasteiger charge is -2.29. The lowest BCUT2D eigenvalue weighted by molar-refractivity contribution is 0.0696. The van der Waals surface area contributed by atoms with Crippen LogP contribution >= 0.6 is 0 Å². The molecule has 9 nitrogen and oxygen atoms in total. The SMILES string of the molecule is CC(C)(C)[Si]OC(C)(C)c1cccc2c(-c3cnc4c(n3)c(C(=O)O)cn4COCC[Si](C)(C)C)[nH]nc12. The van der Waals surface area contributed by atoms with Crippen molar-refractivity contribution in [2.75, 3.05) is 6.61 Å². The normalized spacial score (nSPS) is 13.1. The maximum absolute atomic E-state index is 12.0. The van der Waals surface area contributed by atoms with E-state index >= 15 is 0 Å². The van der Waals surface area contributed by atoms with Gasteiger partial charge in [-0.05, 0) is 24.9 Å². The number of aromatic nitrogens is 5. The first-order chi connectivity index (χ1) is 17.7. The minimum absolute atomic E-state index is 0.0600. The molecule has 0 fully saturated rings. The molecule has 3 aromatic heterocycles. The molecule has 0 unspecified atom stereocenters. The average Bonchev–Trinajstić information content (AvgIpc) is 3.41.